The normalized spacial score (nSPS) is 11.6. The van der Waals surface area contributed by atoms with E-state index >= 15 is 0 Å². The molecule has 1 aromatic heterocycles. The molecule has 0 unspecified atom stereocenters. The van der Waals surface area contributed by atoms with Crippen LogP contribution in [0.2, 0.25) is 0 Å². The van der Waals surface area contributed by atoms with Crippen LogP contribution in [0, 0.1) is 0 Å². The molecule has 0 spiro atoms. The number of pyridine rings is 1. The van der Waals surface area contributed by atoms with E-state index in [4.69, 9.17) is 9.47 Å². The van der Waals surface area contributed by atoms with Gasteiger partial charge in [-0.25, -0.2) is 0 Å². The molecule has 2 rings (SSSR count). The first-order valence-corrected chi connectivity index (χ1v) is 12.8. The lowest BCUT2D eigenvalue weighted by Crippen LogP contribution is -2.23. The Labute approximate surface area is 205 Å². The van der Waals surface area contributed by atoms with Crippen molar-refractivity contribution in [3.8, 4) is 17.2 Å². The summed E-state index contributed by atoms with van der Waals surface area (Å²) in [5.41, 5.74) is 2.91. The maximum atomic E-state index is 13.4. The van der Waals surface area contributed by atoms with Gasteiger partial charge in [0.15, 0.2) is 5.75 Å². The lowest BCUT2D eigenvalue weighted by molar-refractivity contribution is 0.309. The second-order valence-electron chi connectivity index (χ2n) is 9.26. The summed E-state index contributed by atoms with van der Waals surface area (Å²) >= 11 is 0. The number of unbranched alkanes of at least 4 members (excludes halogenated alkanes) is 4. The van der Waals surface area contributed by atoms with Crippen molar-refractivity contribution in [2.24, 2.45) is 0 Å². The standard InChI is InChI=1S/C29H43NO4/c1-6-8-10-11-18-30-26-21-24(33-19-9-7-2)15-16-25(26)27(31)28(29(30)32)34-20-17-23(5)14-12-13-22(3)4/h13,15-17,21,31H,6-12,14,18-20H2,1-5H3/b23-17+. The largest absolute Gasteiger partial charge is 0.504 e. The molecular weight excluding hydrogens is 426 g/mol. The zero-order valence-electron chi connectivity index (χ0n) is 21.8. The van der Waals surface area contributed by atoms with Crippen LogP contribution in [0.3, 0.4) is 0 Å². The highest BCUT2D eigenvalue weighted by Gasteiger charge is 2.18. The average Bonchev–Trinajstić information content (AvgIpc) is 2.80. The molecule has 1 heterocycles. The highest BCUT2D eigenvalue weighted by Crippen LogP contribution is 2.33. The quantitative estimate of drug-likeness (QED) is 0.216. The van der Waals surface area contributed by atoms with Gasteiger partial charge in [-0.15, -0.1) is 0 Å². The van der Waals surface area contributed by atoms with Crippen molar-refractivity contribution in [2.75, 3.05) is 13.2 Å². The fourth-order valence-electron chi connectivity index (χ4n) is 3.82. The molecule has 0 amide bonds. The zero-order valence-corrected chi connectivity index (χ0v) is 21.8. The van der Waals surface area contributed by atoms with E-state index in [1.165, 1.54) is 11.1 Å². The minimum absolute atomic E-state index is 0.0241. The van der Waals surface area contributed by atoms with Gasteiger partial charge in [0.05, 0.1) is 12.1 Å². The van der Waals surface area contributed by atoms with Crippen LogP contribution < -0.4 is 15.0 Å². The summed E-state index contributed by atoms with van der Waals surface area (Å²) in [6, 6.07) is 5.53. The van der Waals surface area contributed by atoms with Crippen molar-refractivity contribution in [3.63, 3.8) is 0 Å². The SMILES string of the molecule is CCCCCCn1c(=O)c(OC/C=C(\C)CCC=C(C)C)c(O)c2ccc(OCCCC)cc21. The van der Waals surface area contributed by atoms with Crippen LogP contribution in [0.25, 0.3) is 10.9 Å². The molecule has 2 aromatic rings. The Balaban J connectivity index is 2.32. The molecular formula is C29H43NO4. The average molecular weight is 470 g/mol. The van der Waals surface area contributed by atoms with Crippen LogP contribution in [0.1, 0.15) is 86.0 Å². The lowest BCUT2D eigenvalue weighted by Gasteiger charge is -2.16. The highest BCUT2D eigenvalue weighted by molar-refractivity contribution is 5.88. The van der Waals surface area contributed by atoms with Crippen molar-refractivity contribution in [2.45, 2.75) is 92.5 Å². The summed E-state index contributed by atoms with van der Waals surface area (Å²) in [5.74, 6) is 0.641. The van der Waals surface area contributed by atoms with Crippen LogP contribution in [-0.2, 0) is 6.54 Å². The van der Waals surface area contributed by atoms with Gasteiger partial charge in [0, 0.05) is 18.0 Å². The van der Waals surface area contributed by atoms with Crippen molar-refractivity contribution < 1.29 is 14.6 Å². The van der Waals surface area contributed by atoms with E-state index in [-0.39, 0.29) is 23.7 Å². The van der Waals surface area contributed by atoms with Gasteiger partial charge in [-0.05, 0) is 64.7 Å². The second kappa shape index (κ2) is 14.5. The predicted molar refractivity (Wildman–Crippen MR) is 142 cm³/mol. The third kappa shape index (κ3) is 8.27. The predicted octanol–water partition coefficient (Wildman–Crippen LogP) is 7.54. The van der Waals surface area contributed by atoms with Gasteiger partial charge < -0.3 is 19.1 Å². The first kappa shape index (κ1) is 27.6. The molecule has 0 saturated heterocycles. The fraction of sp³-hybridized carbons (Fsp3) is 0.552. The van der Waals surface area contributed by atoms with Gasteiger partial charge in [-0.2, -0.15) is 0 Å². The summed E-state index contributed by atoms with van der Waals surface area (Å²) in [6.07, 6.45) is 12.4. The molecule has 0 aliphatic carbocycles. The molecule has 34 heavy (non-hydrogen) atoms. The van der Waals surface area contributed by atoms with Crippen LogP contribution in [0.4, 0.5) is 0 Å². The summed E-state index contributed by atoms with van der Waals surface area (Å²) < 4.78 is 13.4. The Bertz CT molecular complexity index is 1030. The van der Waals surface area contributed by atoms with Crippen molar-refractivity contribution in [1.29, 1.82) is 0 Å². The van der Waals surface area contributed by atoms with Gasteiger partial charge in [-0.3, -0.25) is 4.79 Å². The van der Waals surface area contributed by atoms with E-state index in [1.54, 1.807) is 4.57 Å². The van der Waals surface area contributed by atoms with Crippen LogP contribution in [0.15, 0.2) is 46.3 Å². The Morgan fingerprint density at radius 1 is 1.00 bits per heavy atom. The molecule has 0 aliphatic heterocycles. The monoisotopic (exact) mass is 469 g/mol. The number of hydrogen-bond acceptors (Lipinski definition) is 4. The fourth-order valence-corrected chi connectivity index (χ4v) is 3.82. The molecule has 188 valence electrons. The molecule has 5 nitrogen and oxygen atoms in total. The molecule has 0 atom stereocenters. The molecule has 1 aromatic carbocycles. The summed E-state index contributed by atoms with van der Waals surface area (Å²) in [7, 11) is 0. The summed E-state index contributed by atoms with van der Waals surface area (Å²) in [4.78, 5) is 13.4. The Morgan fingerprint density at radius 2 is 1.76 bits per heavy atom. The smallest absolute Gasteiger partial charge is 0.297 e. The maximum absolute atomic E-state index is 13.4. The second-order valence-corrected chi connectivity index (χ2v) is 9.26. The number of hydrogen-bond donors (Lipinski definition) is 1. The van der Waals surface area contributed by atoms with E-state index in [2.05, 4.69) is 40.7 Å². The Hall–Kier alpha value is -2.69. The minimum atomic E-state index is -0.289. The number of fused-ring (bicyclic) bond motifs is 1. The number of nitrogens with zero attached hydrogens (tertiary/aromatic N) is 1. The van der Waals surface area contributed by atoms with Crippen molar-refractivity contribution in [1.82, 2.24) is 4.57 Å². The first-order chi connectivity index (χ1) is 16.4. The van der Waals surface area contributed by atoms with E-state index in [9.17, 15) is 9.90 Å². The van der Waals surface area contributed by atoms with Gasteiger partial charge in [0.1, 0.15) is 12.4 Å². The van der Waals surface area contributed by atoms with E-state index in [0.717, 1.165) is 51.4 Å². The van der Waals surface area contributed by atoms with Gasteiger partial charge in [0.25, 0.3) is 5.56 Å². The third-order valence-corrected chi connectivity index (χ3v) is 5.92. The number of ether oxygens (including phenoxy) is 2. The van der Waals surface area contributed by atoms with Crippen LogP contribution in [0.5, 0.6) is 17.2 Å². The van der Waals surface area contributed by atoms with E-state index in [1.807, 2.05) is 24.3 Å². The number of benzene rings is 1. The molecule has 0 aliphatic rings. The molecule has 5 heteroatoms. The van der Waals surface area contributed by atoms with Gasteiger partial charge in [0.2, 0.25) is 5.75 Å². The lowest BCUT2D eigenvalue weighted by atomic mass is 10.1. The number of aromatic nitrogens is 1. The molecule has 0 fully saturated rings. The number of aromatic hydroxyl groups is 1. The first-order valence-electron chi connectivity index (χ1n) is 12.8. The van der Waals surface area contributed by atoms with Crippen LogP contribution >= 0.6 is 0 Å². The van der Waals surface area contributed by atoms with Crippen LogP contribution in [-0.4, -0.2) is 22.9 Å². The molecule has 0 bridgehead atoms. The maximum Gasteiger partial charge on any atom is 0.297 e. The number of rotatable bonds is 15. The van der Waals surface area contributed by atoms with Crippen molar-refractivity contribution in [3.05, 3.63) is 51.9 Å². The number of allylic oxidation sites excluding steroid dienone is 3. The van der Waals surface area contributed by atoms with E-state index in [0.29, 0.717) is 29.8 Å². The van der Waals surface area contributed by atoms with Gasteiger partial charge in [-0.1, -0.05) is 56.8 Å². The van der Waals surface area contributed by atoms with Gasteiger partial charge >= 0.3 is 0 Å². The number of aryl methyl sites for hydroxylation is 1. The topological polar surface area (TPSA) is 60.7 Å². The minimum Gasteiger partial charge on any atom is -0.504 e. The summed E-state index contributed by atoms with van der Waals surface area (Å²) in [5, 5.41) is 11.5. The Morgan fingerprint density at radius 3 is 2.47 bits per heavy atom. The zero-order chi connectivity index (χ0) is 24.9. The van der Waals surface area contributed by atoms with Crippen molar-refractivity contribution >= 4 is 10.9 Å². The molecule has 0 saturated carbocycles. The summed E-state index contributed by atoms with van der Waals surface area (Å²) in [6.45, 7) is 12.0. The third-order valence-electron chi connectivity index (χ3n) is 5.92. The highest BCUT2D eigenvalue weighted by atomic mass is 16.5. The molecule has 0 radical (unpaired) electrons. The van der Waals surface area contributed by atoms with E-state index < -0.39 is 0 Å². The molecule has 1 N–H and O–H groups in total. The Kier molecular flexibility index (Phi) is 11.8.